The van der Waals surface area contributed by atoms with Gasteiger partial charge in [-0.1, -0.05) is 6.92 Å². The van der Waals surface area contributed by atoms with E-state index in [1.807, 2.05) is 6.07 Å². The third-order valence-electron chi connectivity index (χ3n) is 2.62. The van der Waals surface area contributed by atoms with E-state index in [1.165, 1.54) is 31.2 Å². The highest BCUT2D eigenvalue weighted by molar-refractivity contribution is 7.89. The summed E-state index contributed by atoms with van der Waals surface area (Å²) in [7, 11) is -3.97. The molecule has 0 N–H and O–H groups in total. The Kier molecular flexibility index (Phi) is 5.14. The van der Waals surface area contributed by atoms with Crippen LogP contribution in [0.15, 0.2) is 29.2 Å². The van der Waals surface area contributed by atoms with Crippen molar-refractivity contribution in [1.29, 1.82) is 5.26 Å². The van der Waals surface area contributed by atoms with E-state index in [0.717, 1.165) is 4.31 Å². The molecule has 0 heterocycles. The quantitative estimate of drug-likeness (QED) is 0.840. The lowest BCUT2D eigenvalue weighted by atomic mass is 10.2. The molecule has 1 aromatic carbocycles. The maximum Gasteiger partial charge on any atom is 0.390 e. The van der Waals surface area contributed by atoms with Crippen molar-refractivity contribution in [3.05, 3.63) is 29.8 Å². The molecule has 0 fully saturated rings. The highest BCUT2D eigenvalue weighted by atomic mass is 32.2. The Hall–Kier alpha value is -1.59. The van der Waals surface area contributed by atoms with Crippen molar-refractivity contribution in [2.24, 2.45) is 0 Å². The minimum atomic E-state index is -4.41. The number of benzene rings is 1. The van der Waals surface area contributed by atoms with Gasteiger partial charge in [-0.25, -0.2) is 8.42 Å². The number of hydrogen-bond donors (Lipinski definition) is 0. The van der Waals surface area contributed by atoms with Gasteiger partial charge in [-0.15, -0.1) is 0 Å². The molecule has 0 aliphatic carbocycles. The van der Waals surface area contributed by atoms with Crippen LogP contribution < -0.4 is 0 Å². The predicted molar refractivity (Wildman–Crippen MR) is 66.3 cm³/mol. The summed E-state index contributed by atoms with van der Waals surface area (Å²) in [4.78, 5) is -0.125. The van der Waals surface area contributed by atoms with Crippen LogP contribution in [-0.4, -0.2) is 32.0 Å². The van der Waals surface area contributed by atoms with Gasteiger partial charge in [0.2, 0.25) is 10.0 Å². The van der Waals surface area contributed by atoms with Crippen LogP contribution in [0.3, 0.4) is 0 Å². The normalized spacial score (nSPS) is 12.4. The average molecular weight is 306 g/mol. The molecule has 0 unspecified atom stereocenters. The summed E-state index contributed by atoms with van der Waals surface area (Å²) in [6.45, 7) is 0.790. The molecular formula is C12H13F3N2O2S. The van der Waals surface area contributed by atoms with E-state index in [4.69, 9.17) is 5.26 Å². The van der Waals surface area contributed by atoms with Crippen molar-refractivity contribution < 1.29 is 21.6 Å². The van der Waals surface area contributed by atoms with Crippen molar-refractivity contribution >= 4 is 10.0 Å². The summed E-state index contributed by atoms with van der Waals surface area (Å²) in [5.41, 5.74) is 0.280. The summed E-state index contributed by atoms with van der Waals surface area (Å²) in [5.74, 6) is 0. The molecule has 0 radical (unpaired) electrons. The Labute approximate surface area is 115 Å². The second-order valence-corrected chi connectivity index (χ2v) is 5.94. The van der Waals surface area contributed by atoms with Crippen molar-refractivity contribution in [1.82, 2.24) is 4.31 Å². The van der Waals surface area contributed by atoms with Gasteiger partial charge in [-0.2, -0.15) is 22.7 Å². The average Bonchev–Trinajstić information content (AvgIpc) is 2.38. The monoisotopic (exact) mass is 306 g/mol. The Bertz CT molecular complexity index is 589. The van der Waals surface area contributed by atoms with Crippen LogP contribution in [0.5, 0.6) is 0 Å². The third kappa shape index (κ3) is 4.21. The molecule has 1 rings (SSSR count). The molecule has 0 atom stereocenters. The molecule has 0 spiro atoms. The fourth-order valence-corrected chi connectivity index (χ4v) is 3.00. The number of nitrogens with zero attached hydrogens (tertiary/aromatic N) is 2. The lowest BCUT2D eigenvalue weighted by Gasteiger charge is -2.21. The summed E-state index contributed by atoms with van der Waals surface area (Å²) in [6.07, 6.45) is -5.61. The lowest BCUT2D eigenvalue weighted by molar-refractivity contribution is -0.135. The van der Waals surface area contributed by atoms with Gasteiger partial charge >= 0.3 is 6.18 Å². The molecule has 0 aromatic heterocycles. The molecule has 0 bridgehead atoms. The number of hydrogen-bond acceptors (Lipinski definition) is 3. The van der Waals surface area contributed by atoms with E-state index in [9.17, 15) is 21.6 Å². The summed E-state index contributed by atoms with van der Waals surface area (Å²) in [5, 5.41) is 8.63. The molecule has 4 nitrogen and oxygen atoms in total. The molecule has 0 saturated carbocycles. The number of nitriles is 1. The molecule has 110 valence electrons. The van der Waals surface area contributed by atoms with Gasteiger partial charge < -0.3 is 0 Å². The highest BCUT2D eigenvalue weighted by Crippen LogP contribution is 2.22. The Morgan fingerprint density at radius 3 is 2.20 bits per heavy atom. The first-order chi connectivity index (χ1) is 9.20. The predicted octanol–water partition coefficient (Wildman–Crippen LogP) is 2.52. The van der Waals surface area contributed by atoms with Crippen LogP contribution >= 0.6 is 0 Å². The number of sulfonamides is 1. The molecule has 20 heavy (non-hydrogen) atoms. The highest BCUT2D eigenvalue weighted by Gasteiger charge is 2.31. The molecule has 0 amide bonds. The molecule has 0 aliphatic rings. The first kappa shape index (κ1) is 16.5. The second-order valence-electron chi connectivity index (χ2n) is 4.00. The van der Waals surface area contributed by atoms with E-state index >= 15 is 0 Å². The fraction of sp³-hybridized carbons (Fsp3) is 0.417. The first-order valence-electron chi connectivity index (χ1n) is 5.78. The zero-order chi connectivity index (χ0) is 15.4. The van der Waals surface area contributed by atoms with E-state index in [-0.39, 0.29) is 17.0 Å². The minimum Gasteiger partial charge on any atom is -0.207 e. The smallest absolute Gasteiger partial charge is 0.207 e. The maximum absolute atomic E-state index is 12.2. The van der Waals surface area contributed by atoms with Gasteiger partial charge in [0.15, 0.2) is 0 Å². The zero-order valence-electron chi connectivity index (χ0n) is 10.7. The number of alkyl halides is 3. The summed E-state index contributed by atoms with van der Waals surface area (Å²) < 4.78 is 61.6. The van der Waals surface area contributed by atoms with Gasteiger partial charge in [0.1, 0.15) is 0 Å². The molecular weight excluding hydrogens is 293 g/mol. The van der Waals surface area contributed by atoms with Gasteiger partial charge in [0, 0.05) is 13.1 Å². The fourth-order valence-electron chi connectivity index (χ4n) is 1.55. The maximum atomic E-state index is 12.2. The summed E-state index contributed by atoms with van der Waals surface area (Å²) >= 11 is 0. The van der Waals surface area contributed by atoms with Gasteiger partial charge in [-0.05, 0) is 24.3 Å². The second kappa shape index (κ2) is 6.24. The van der Waals surface area contributed by atoms with Crippen molar-refractivity contribution in [2.75, 3.05) is 13.1 Å². The van der Waals surface area contributed by atoms with E-state index in [1.54, 1.807) is 0 Å². The molecule has 0 aliphatic heterocycles. The van der Waals surface area contributed by atoms with E-state index in [2.05, 4.69) is 0 Å². The minimum absolute atomic E-state index is 0.0571. The molecule has 1 aromatic rings. The number of rotatable bonds is 5. The van der Waals surface area contributed by atoms with E-state index in [0.29, 0.717) is 0 Å². The summed E-state index contributed by atoms with van der Waals surface area (Å²) in [6, 6.07) is 6.88. The number of halogens is 3. The Morgan fingerprint density at radius 1 is 1.25 bits per heavy atom. The van der Waals surface area contributed by atoms with Crippen LogP contribution in [0.4, 0.5) is 13.2 Å². The van der Waals surface area contributed by atoms with Crippen molar-refractivity contribution in [3.8, 4) is 6.07 Å². The van der Waals surface area contributed by atoms with Crippen molar-refractivity contribution in [2.45, 2.75) is 24.4 Å². The van der Waals surface area contributed by atoms with Crippen LogP contribution in [0.2, 0.25) is 0 Å². The van der Waals surface area contributed by atoms with Gasteiger partial charge in [0.05, 0.1) is 22.9 Å². The van der Waals surface area contributed by atoms with Gasteiger partial charge in [0.25, 0.3) is 0 Å². The van der Waals surface area contributed by atoms with Crippen LogP contribution in [0.1, 0.15) is 18.9 Å². The standard InChI is InChI=1S/C12H13F3N2O2S/c1-2-17(8-7-12(13,14)15)20(18,19)11-5-3-10(9-16)4-6-11/h3-6H,2,7-8H2,1H3. The topological polar surface area (TPSA) is 61.2 Å². The zero-order valence-corrected chi connectivity index (χ0v) is 11.5. The van der Waals surface area contributed by atoms with Gasteiger partial charge in [-0.3, -0.25) is 0 Å². The van der Waals surface area contributed by atoms with Crippen LogP contribution in [0.25, 0.3) is 0 Å². The van der Waals surface area contributed by atoms with Crippen molar-refractivity contribution in [3.63, 3.8) is 0 Å². The molecule has 8 heteroatoms. The van der Waals surface area contributed by atoms with Crippen LogP contribution in [-0.2, 0) is 10.0 Å². The SMILES string of the molecule is CCN(CCC(F)(F)F)S(=O)(=O)c1ccc(C#N)cc1. The van der Waals surface area contributed by atoms with Crippen LogP contribution in [0, 0.1) is 11.3 Å². The van der Waals surface area contributed by atoms with E-state index < -0.39 is 29.2 Å². The Balaban J connectivity index is 2.97. The molecule has 0 saturated heterocycles. The Morgan fingerprint density at radius 2 is 1.80 bits per heavy atom. The lowest BCUT2D eigenvalue weighted by Crippen LogP contribution is -2.34. The third-order valence-corrected chi connectivity index (χ3v) is 4.61. The largest absolute Gasteiger partial charge is 0.390 e. The first-order valence-corrected chi connectivity index (χ1v) is 7.22.